The van der Waals surface area contributed by atoms with Crippen molar-refractivity contribution in [1.29, 1.82) is 0 Å². The lowest BCUT2D eigenvalue weighted by atomic mass is 9.97. The molecule has 0 bridgehead atoms. The monoisotopic (exact) mass is 392 g/mol. The number of carboxylic acids is 1. The van der Waals surface area contributed by atoms with Gasteiger partial charge in [-0.1, -0.05) is 20.3 Å². The Kier molecular flexibility index (Phi) is 10.9. The molecule has 0 spiro atoms. The Hall–Kier alpha value is -1.85. The second kappa shape index (κ2) is 11.7. The number of carbonyl (C=O) groups is 4. The number of hydrogen-bond acceptors (Lipinski definition) is 7. The first-order valence-corrected chi connectivity index (χ1v) is 8.84. The normalized spacial score (nSPS) is 16.5. The third-order valence-electron chi connectivity index (χ3n) is 3.86. The fraction of sp³-hybridized carbons (Fsp3) is 0.733. The van der Waals surface area contributed by atoms with Crippen molar-refractivity contribution in [2.24, 2.45) is 11.7 Å². The lowest BCUT2D eigenvalue weighted by Gasteiger charge is -2.28. The van der Waals surface area contributed by atoms with Gasteiger partial charge in [-0.25, -0.2) is 4.79 Å². The van der Waals surface area contributed by atoms with E-state index in [0.717, 1.165) is 0 Å². The van der Waals surface area contributed by atoms with Crippen molar-refractivity contribution in [3.8, 4) is 0 Å². The maximum Gasteiger partial charge on any atom is 0.327 e. The third kappa shape index (κ3) is 7.58. The minimum Gasteiger partial charge on any atom is -0.480 e. The maximum atomic E-state index is 12.5. The molecule has 0 aromatic heterocycles. The minimum atomic E-state index is -1.40. The molecular formula is C15H28N4O6S. The number of thiol groups is 1. The zero-order valence-electron chi connectivity index (χ0n) is 15.1. The maximum absolute atomic E-state index is 12.5. The first-order chi connectivity index (χ1) is 12.1. The van der Waals surface area contributed by atoms with Gasteiger partial charge >= 0.3 is 5.97 Å². The Morgan fingerprint density at radius 3 is 1.96 bits per heavy atom. The number of nitrogens with two attached hydrogens (primary N) is 1. The van der Waals surface area contributed by atoms with Crippen LogP contribution in [0.1, 0.15) is 27.2 Å². The van der Waals surface area contributed by atoms with E-state index in [4.69, 9.17) is 10.8 Å². The highest BCUT2D eigenvalue weighted by atomic mass is 32.1. The van der Waals surface area contributed by atoms with E-state index >= 15 is 0 Å². The standard InChI is InChI=1S/C15H28N4O6S/c1-4-7(2)11(18-10(21)5-16)13(22)19-12(8(3)20)14(23)17-9(6-26)15(24)25/h7-9,11-12,20,26H,4-6,16H2,1-3H3,(H,17,23)(H,18,21)(H,19,22)(H,24,25). The topological polar surface area (TPSA) is 171 Å². The van der Waals surface area contributed by atoms with Crippen molar-refractivity contribution in [1.82, 2.24) is 16.0 Å². The van der Waals surface area contributed by atoms with Crippen LogP contribution >= 0.6 is 12.6 Å². The molecule has 150 valence electrons. The summed E-state index contributed by atoms with van der Waals surface area (Å²) in [4.78, 5) is 47.3. The van der Waals surface area contributed by atoms with Gasteiger partial charge in [-0.15, -0.1) is 0 Å². The molecule has 0 saturated carbocycles. The lowest BCUT2D eigenvalue weighted by Crippen LogP contribution is -2.60. The van der Waals surface area contributed by atoms with Crippen molar-refractivity contribution >= 4 is 36.3 Å². The Morgan fingerprint density at radius 1 is 1.04 bits per heavy atom. The van der Waals surface area contributed by atoms with E-state index in [0.29, 0.717) is 6.42 Å². The van der Waals surface area contributed by atoms with Gasteiger partial charge in [0.15, 0.2) is 0 Å². The number of aliphatic hydroxyl groups excluding tert-OH is 1. The molecule has 0 radical (unpaired) electrons. The first kappa shape index (κ1) is 24.1. The Balaban J connectivity index is 5.25. The predicted octanol–water partition coefficient (Wildman–Crippen LogP) is -2.16. The number of aliphatic hydroxyl groups is 1. The van der Waals surface area contributed by atoms with E-state index in [1.807, 2.05) is 6.92 Å². The Morgan fingerprint density at radius 2 is 1.58 bits per heavy atom. The second-order valence-electron chi connectivity index (χ2n) is 5.94. The van der Waals surface area contributed by atoms with Crippen molar-refractivity contribution in [3.05, 3.63) is 0 Å². The van der Waals surface area contributed by atoms with Gasteiger partial charge in [-0.3, -0.25) is 14.4 Å². The lowest BCUT2D eigenvalue weighted by molar-refractivity contribution is -0.142. The average Bonchev–Trinajstić information content (AvgIpc) is 2.59. The molecule has 0 rings (SSSR count). The Labute approximate surface area is 157 Å². The number of aliphatic carboxylic acids is 1. The summed E-state index contributed by atoms with van der Waals surface area (Å²) in [6.07, 6.45) is -0.731. The molecule has 26 heavy (non-hydrogen) atoms. The summed E-state index contributed by atoms with van der Waals surface area (Å²) >= 11 is 3.84. The zero-order chi connectivity index (χ0) is 20.4. The molecule has 0 aromatic rings. The van der Waals surface area contributed by atoms with Crippen LogP contribution in [0.4, 0.5) is 0 Å². The summed E-state index contributed by atoms with van der Waals surface area (Å²) in [6, 6.07) is -3.62. The highest BCUT2D eigenvalue weighted by Gasteiger charge is 2.33. The molecule has 3 amide bonds. The van der Waals surface area contributed by atoms with Gasteiger partial charge in [0.25, 0.3) is 0 Å². The fourth-order valence-corrected chi connectivity index (χ4v) is 2.28. The van der Waals surface area contributed by atoms with Gasteiger partial charge in [0.05, 0.1) is 12.6 Å². The summed E-state index contributed by atoms with van der Waals surface area (Å²) in [6.45, 7) is 4.53. The smallest absolute Gasteiger partial charge is 0.327 e. The Bertz CT molecular complexity index is 516. The van der Waals surface area contributed by atoms with E-state index in [-0.39, 0.29) is 18.2 Å². The SMILES string of the molecule is CCC(C)C(NC(=O)CN)C(=O)NC(C(=O)NC(CS)C(=O)O)C(C)O. The zero-order valence-corrected chi connectivity index (χ0v) is 16.0. The molecule has 0 fully saturated rings. The third-order valence-corrected chi connectivity index (χ3v) is 4.22. The van der Waals surface area contributed by atoms with Crippen LogP contribution in [-0.4, -0.2) is 70.4 Å². The van der Waals surface area contributed by atoms with Crippen molar-refractivity contribution in [2.45, 2.75) is 51.4 Å². The van der Waals surface area contributed by atoms with Crippen LogP contribution in [0.15, 0.2) is 0 Å². The molecule has 0 heterocycles. The number of amides is 3. The predicted molar refractivity (Wildman–Crippen MR) is 97.5 cm³/mol. The van der Waals surface area contributed by atoms with Crippen LogP contribution in [0.25, 0.3) is 0 Å². The van der Waals surface area contributed by atoms with Crippen LogP contribution in [0.5, 0.6) is 0 Å². The largest absolute Gasteiger partial charge is 0.480 e. The molecule has 0 aliphatic carbocycles. The van der Waals surface area contributed by atoms with Gasteiger partial charge in [0.1, 0.15) is 18.1 Å². The summed E-state index contributed by atoms with van der Waals surface area (Å²) < 4.78 is 0. The van der Waals surface area contributed by atoms with Gasteiger partial charge in [-0.2, -0.15) is 12.6 Å². The minimum absolute atomic E-state index is 0.163. The van der Waals surface area contributed by atoms with Gasteiger partial charge in [0, 0.05) is 5.75 Å². The van der Waals surface area contributed by atoms with E-state index in [1.165, 1.54) is 6.92 Å². The summed E-state index contributed by atoms with van der Waals surface area (Å²) in [5, 5.41) is 25.8. The molecule has 0 aliphatic heterocycles. The molecule has 0 saturated heterocycles. The molecule has 0 aromatic carbocycles. The highest BCUT2D eigenvalue weighted by Crippen LogP contribution is 2.09. The van der Waals surface area contributed by atoms with E-state index in [1.54, 1.807) is 6.92 Å². The highest BCUT2D eigenvalue weighted by molar-refractivity contribution is 7.80. The molecule has 11 heteroatoms. The second-order valence-corrected chi connectivity index (χ2v) is 6.31. The van der Waals surface area contributed by atoms with Crippen molar-refractivity contribution in [2.75, 3.05) is 12.3 Å². The number of rotatable bonds is 11. The van der Waals surface area contributed by atoms with Crippen molar-refractivity contribution < 1.29 is 29.4 Å². The van der Waals surface area contributed by atoms with Crippen LogP contribution < -0.4 is 21.7 Å². The molecule has 7 N–H and O–H groups in total. The summed E-state index contributed by atoms with van der Waals surface area (Å²) in [7, 11) is 0. The first-order valence-electron chi connectivity index (χ1n) is 8.20. The number of nitrogens with one attached hydrogen (secondary N) is 3. The summed E-state index contributed by atoms with van der Waals surface area (Å²) in [5.74, 6) is -3.81. The average molecular weight is 392 g/mol. The van der Waals surface area contributed by atoms with Crippen molar-refractivity contribution in [3.63, 3.8) is 0 Å². The van der Waals surface area contributed by atoms with E-state index in [9.17, 15) is 24.3 Å². The molecule has 5 atom stereocenters. The number of carboxylic acid groups (broad SMARTS) is 1. The molecular weight excluding hydrogens is 364 g/mol. The van der Waals surface area contributed by atoms with E-state index < -0.39 is 47.9 Å². The number of hydrogen-bond donors (Lipinski definition) is 7. The fourth-order valence-electron chi connectivity index (χ4n) is 2.03. The van der Waals surface area contributed by atoms with E-state index in [2.05, 4.69) is 28.6 Å². The molecule has 0 aliphatic rings. The molecule has 10 nitrogen and oxygen atoms in total. The van der Waals surface area contributed by atoms with Gasteiger partial charge in [0.2, 0.25) is 17.7 Å². The quantitative estimate of drug-likeness (QED) is 0.196. The van der Waals surface area contributed by atoms with Crippen LogP contribution in [0.2, 0.25) is 0 Å². The molecule has 5 unspecified atom stereocenters. The summed E-state index contributed by atoms with van der Waals surface area (Å²) in [5.41, 5.74) is 5.25. The van der Waals surface area contributed by atoms with Gasteiger partial charge < -0.3 is 31.9 Å². The van der Waals surface area contributed by atoms with Crippen LogP contribution in [0, 0.1) is 5.92 Å². The van der Waals surface area contributed by atoms with Gasteiger partial charge in [-0.05, 0) is 12.8 Å². The van der Waals surface area contributed by atoms with Crippen LogP contribution in [0.3, 0.4) is 0 Å². The van der Waals surface area contributed by atoms with Crippen LogP contribution in [-0.2, 0) is 19.2 Å². The number of carbonyl (C=O) groups excluding carboxylic acids is 3.